The van der Waals surface area contributed by atoms with E-state index in [9.17, 15) is 9.50 Å². The molecule has 0 aliphatic heterocycles. The van der Waals surface area contributed by atoms with E-state index in [4.69, 9.17) is 0 Å². The molecule has 0 aliphatic carbocycles. The second kappa shape index (κ2) is 5.95. The summed E-state index contributed by atoms with van der Waals surface area (Å²) >= 11 is 0. The Labute approximate surface area is 119 Å². The van der Waals surface area contributed by atoms with Gasteiger partial charge < -0.3 is 10.4 Å². The molecule has 1 unspecified atom stereocenters. The number of nitrogens with one attached hydrogen (secondary N) is 1. The molecule has 0 fully saturated rings. The Morgan fingerprint density at radius 2 is 2.00 bits per heavy atom. The standard InChI is InChI=1S/C17H20FNO/c1-4-13-7-5-6-11(2)17(13)19-12(3)15-9-8-14(20)10-16(15)18/h5-10,12,19-20H,4H2,1-3H3. The normalized spacial score (nSPS) is 12.2. The van der Waals surface area contributed by atoms with Crippen LogP contribution in [-0.4, -0.2) is 5.11 Å². The number of para-hydroxylation sites is 1. The van der Waals surface area contributed by atoms with Crippen LogP contribution in [0.2, 0.25) is 0 Å². The average Bonchev–Trinajstić information content (AvgIpc) is 2.40. The largest absolute Gasteiger partial charge is 0.508 e. The monoisotopic (exact) mass is 273 g/mol. The Morgan fingerprint density at radius 3 is 2.65 bits per heavy atom. The van der Waals surface area contributed by atoms with Crippen LogP contribution in [0.25, 0.3) is 0 Å². The summed E-state index contributed by atoms with van der Waals surface area (Å²) in [5, 5.41) is 12.7. The van der Waals surface area contributed by atoms with Crippen molar-refractivity contribution in [2.75, 3.05) is 5.32 Å². The van der Waals surface area contributed by atoms with E-state index in [1.807, 2.05) is 26.0 Å². The molecule has 20 heavy (non-hydrogen) atoms. The molecule has 0 spiro atoms. The number of aryl methyl sites for hydroxylation is 2. The molecule has 2 rings (SSSR count). The predicted octanol–water partition coefficient (Wildman–Crippen LogP) is 4.58. The van der Waals surface area contributed by atoms with Gasteiger partial charge in [0.1, 0.15) is 11.6 Å². The lowest BCUT2D eigenvalue weighted by Gasteiger charge is -2.20. The molecule has 0 bridgehead atoms. The van der Waals surface area contributed by atoms with E-state index in [1.165, 1.54) is 11.6 Å². The van der Waals surface area contributed by atoms with Crippen molar-refractivity contribution in [2.24, 2.45) is 0 Å². The van der Waals surface area contributed by atoms with Gasteiger partial charge in [0.25, 0.3) is 0 Å². The van der Waals surface area contributed by atoms with Crippen LogP contribution in [0, 0.1) is 12.7 Å². The zero-order valence-electron chi connectivity index (χ0n) is 12.1. The van der Waals surface area contributed by atoms with Crippen molar-refractivity contribution >= 4 is 5.69 Å². The molecule has 0 heterocycles. The number of phenols is 1. The summed E-state index contributed by atoms with van der Waals surface area (Å²) < 4.78 is 13.9. The topological polar surface area (TPSA) is 32.3 Å². The summed E-state index contributed by atoms with van der Waals surface area (Å²) in [4.78, 5) is 0. The SMILES string of the molecule is CCc1cccc(C)c1NC(C)c1ccc(O)cc1F. The Morgan fingerprint density at radius 1 is 1.25 bits per heavy atom. The van der Waals surface area contributed by atoms with E-state index in [0.717, 1.165) is 23.7 Å². The fourth-order valence-corrected chi connectivity index (χ4v) is 2.39. The summed E-state index contributed by atoms with van der Waals surface area (Å²) in [6, 6.07) is 10.3. The molecular weight excluding hydrogens is 253 g/mol. The number of anilines is 1. The molecule has 3 heteroatoms. The van der Waals surface area contributed by atoms with E-state index in [1.54, 1.807) is 6.07 Å². The molecule has 2 nitrogen and oxygen atoms in total. The first-order valence-electron chi connectivity index (χ1n) is 6.86. The molecular formula is C17H20FNO. The lowest BCUT2D eigenvalue weighted by molar-refractivity contribution is 0.467. The van der Waals surface area contributed by atoms with Gasteiger partial charge in [0.15, 0.2) is 0 Å². The zero-order chi connectivity index (χ0) is 14.7. The molecule has 0 amide bonds. The number of aromatic hydroxyl groups is 1. The number of rotatable bonds is 4. The molecule has 2 aromatic carbocycles. The number of hydrogen-bond donors (Lipinski definition) is 2. The fraction of sp³-hybridized carbons (Fsp3) is 0.294. The third-order valence-corrected chi connectivity index (χ3v) is 3.55. The average molecular weight is 273 g/mol. The van der Waals surface area contributed by atoms with Crippen molar-refractivity contribution in [1.29, 1.82) is 0 Å². The van der Waals surface area contributed by atoms with Crippen molar-refractivity contribution in [1.82, 2.24) is 0 Å². The van der Waals surface area contributed by atoms with E-state index in [-0.39, 0.29) is 11.8 Å². The molecule has 1 atom stereocenters. The van der Waals surface area contributed by atoms with Crippen molar-refractivity contribution in [3.8, 4) is 5.75 Å². The highest BCUT2D eigenvalue weighted by atomic mass is 19.1. The summed E-state index contributed by atoms with van der Waals surface area (Å²) in [5.74, 6) is -0.444. The van der Waals surface area contributed by atoms with Crippen molar-refractivity contribution < 1.29 is 9.50 Å². The van der Waals surface area contributed by atoms with E-state index in [0.29, 0.717) is 5.56 Å². The quantitative estimate of drug-likeness (QED) is 0.855. The first-order valence-corrected chi connectivity index (χ1v) is 6.86. The highest BCUT2D eigenvalue weighted by Crippen LogP contribution is 2.28. The molecule has 0 saturated heterocycles. The highest BCUT2D eigenvalue weighted by Gasteiger charge is 2.13. The second-order valence-electron chi connectivity index (χ2n) is 5.03. The van der Waals surface area contributed by atoms with Gasteiger partial charge in [-0.25, -0.2) is 4.39 Å². The third kappa shape index (κ3) is 2.93. The maximum absolute atomic E-state index is 13.9. The molecule has 2 N–H and O–H groups in total. The van der Waals surface area contributed by atoms with Gasteiger partial charge in [-0.1, -0.05) is 31.2 Å². The summed E-state index contributed by atoms with van der Waals surface area (Å²) in [5.41, 5.74) is 3.98. The molecule has 106 valence electrons. The van der Waals surface area contributed by atoms with Crippen LogP contribution in [0.5, 0.6) is 5.75 Å². The van der Waals surface area contributed by atoms with Crippen LogP contribution in [0.1, 0.15) is 36.6 Å². The van der Waals surface area contributed by atoms with E-state index >= 15 is 0 Å². The summed E-state index contributed by atoms with van der Waals surface area (Å²) in [6.45, 7) is 6.06. The van der Waals surface area contributed by atoms with Crippen molar-refractivity contribution in [3.63, 3.8) is 0 Å². The van der Waals surface area contributed by atoms with Gasteiger partial charge in [0.2, 0.25) is 0 Å². The van der Waals surface area contributed by atoms with Crippen LogP contribution < -0.4 is 5.32 Å². The smallest absolute Gasteiger partial charge is 0.132 e. The van der Waals surface area contributed by atoms with Gasteiger partial charge in [-0.3, -0.25) is 0 Å². The zero-order valence-corrected chi connectivity index (χ0v) is 12.1. The second-order valence-corrected chi connectivity index (χ2v) is 5.03. The fourth-order valence-electron chi connectivity index (χ4n) is 2.39. The van der Waals surface area contributed by atoms with Crippen molar-refractivity contribution in [3.05, 3.63) is 58.9 Å². The van der Waals surface area contributed by atoms with Gasteiger partial charge in [-0.2, -0.15) is 0 Å². The molecule has 2 aromatic rings. The lowest BCUT2D eigenvalue weighted by atomic mass is 10.0. The maximum atomic E-state index is 13.9. The minimum Gasteiger partial charge on any atom is -0.508 e. The number of hydrogen-bond acceptors (Lipinski definition) is 2. The minimum absolute atomic E-state index is 0.0522. The molecule has 0 aromatic heterocycles. The van der Waals surface area contributed by atoms with E-state index < -0.39 is 5.82 Å². The number of halogens is 1. The van der Waals surface area contributed by atoms with Gasteiger partial charge in [-0.15, -0.1) is 0 Å². The Balaban J connectivity index is 2.30. The number of phenolic OH excluding ortho intramolecular Hbond substituents is 1. The molecule has 0 radical (unpaired) electrons. The van der Waals surface area contributed by atoms with Crippen LogP contribution in [0.4, 0.5) is 10.1 Å². The Hall–Kier alpha value is -2.03. The number of benzene rings is 2. The van der Waals surface area contributed by atoms with E-state index in [2.05, 4.69) is 18.3 Å². The first-order chi connectivity index (χ1) is 9.52. The Bertz CT molecular complexity index is 610. The first kappa shape index (κ1) is 14.4. The summed E-state index contributed by atoms with van der Waals surface area (Å²) in [6.07, 6.45) is 0.925. The third-order valence-electron chi connectivity index (χ3n) is 3.55. The highest BCUT2D eigenvalue weighted by molar-refractivity contribution is 5.58. The van der Waals surface area contributed by atoms with Crippen molar-refractivity contribution in [2.45, 2.75) is 33.2 Å². The van der Waals surface area contributed by atoms with Gasteiger partial charge in [0.05, 0.1) is 6.04 Å². The predicted molar refractivity (Wildman–Crippen MR) is 80.7 cm³/mol. The Kier molecular flexibility index (Phi) is 4.28. The van der Waals surface area contributed by atoms with Gasteiger partial charge >= 0.3 is 0 Å². The van der Waals surface area contributed by atoms with Crippen LogP contribution in [0.15, 0.2) is 36.4 Å². The lowest BCUT2D eigenvalue weighted by Crippen LogP contribution is -2.11. The van der Waals surface area contributed by atoms with Crippen LogP contribution in [0.3, 0.4) is 0 Å². The van der Waals surface area contributed by atoms with Gasteiger partial charge in [-0.05, 0) is 37.5 Å². The minimum atomic E-state index is -0.392. The van der Waals surface area contributed by atoms with Crippen LogP contribution >= 0.6 is 0 Å². The maximum Gasteiger partial charge on any atom is 0.132 e. The molecule has 0 saturated carbocycles. The molecule has 0 aliphatic rings. The van der Waals surface area contributed by atoms with Gasteiger partial charge in [0, 0.05) is 17.3 Å². The summed E-state index contributed by atoms with van der Waals surface area (Å²) in [7, 11) is 0. The van der Waals surface area contributed by atoms with Crippen LogP contribution in [-0.2, 0) is 6.42 Å².